The Hall–Kier alpha value is -0.980. The molecule has 1 aliphatic heterocycles. The zero-order valence-corrected chi connectivity index (χ0v) is 19.4. The number of guanidine groups is 1. The van der Waals surface area contributed by atoms with E-state index in [1.54, 1.807) is 25.1 Å². The molecule has 1 fully saturated rings. The Kier molecular flexibility index (Phi) is 10.6. The Bertz CT molecular complexity index is 740. The summed E-state index contributed by atoms with van der Waals surface area (Å²) in [5.41, 5.74) is 0.218. The van der Waals surface area contributed by atoms with Crippen molar-refractivity contribution in [2.45, 2.75) is 38.8 Å². The average Bonchev–Trinajstić information content (AvgIpc) is 2.67. The van der Waals surface area contributed by atoms with Crippen molar-refractivity contribution in [3.05, 3.63) is 35.6 Å². The fourth-order valence-electron chi connectivity index (χ4n) is 3.00. The molecule has 28 heavy (non-hydrogen) atoms. The number of aliphatic hydroxyl groups excluding tert-OH is 1. The lowest BCUT2D eigenvalue weighted by Gasteiger charge is -2.32. The standard InChI is InChI=1S/C18H29FN4O3S.HI/c1-3-20-18(21-13-17(24)15-7-5-6-8-16(15)19)22-14-9-11-23(12-10-14)27(25,26)4-2;/h5-8,14,17,24H,3-4,9-13H2,1-2H3,(H2,20,21,22);1H. The number of benzene rings is 1. The molecule has 1 aliphatic rings. The van der Waals surface area contributed by atoms with Crippen molar-refractivity contribution >= 4 is 40.0 Å². The average molecular weight is 528 g/mol. The minimum atomic E-state index is -3.15. The van der Waals surface area contributed by atoms with Crippen molar-refractivity contribution in [3.63, 3.8) is 0 Å². The van der Waals surface area contributed by atoms with Gasteiger partial charge < -0.3 is 15.7 Å². The topological polar surface area (TPSA) is 94.0 Å². The van der Waals surface area contributed by atoms with Crippen molar-refractivity contribution in [1.29, 1.82) is 0 Å². The molecule has 160 valence electrons. The molecule has 0 aromatic heterocycles. The third kappa shape index (κ3) is 7.12. The van der Waals surface area contributed by atoms with Crippen LogP contribution in [0.2, 0.25) is 0 Å². The van der Waals surface area contributed by atoms with Crippen LogP contribution in [0.5, 0.6) is 0 Å². The lowest BCUT2D eigenvalue weighted by atomic mass is 10.1. The van der Waals surface area contributed by atoms with Gasteiger partial charge in [-0.25, -0.2) is 17.1 Å². The summed E-state index contributed by atoms with van der Waals surface area (Å²) in [5.74, 6) is 0.190. The van der Waals surface area contributed by atoms with Gasteiger partial charge in [0.05, 0.1) is 12.3 Å². The van der Waals surface area contributed by atoms with Crippen molar-refractivity contribution < 1.29 is 17.9 Å². The van der Waals surface area contributed by atoms with Gasteiger partial charge in [-0.15, -0.1) is 24.0 Å². The Morgan fingerprint density at radius 2 is 1.96 bits per heavy atom. The number of sulfonamides is 1. The highest BCUT2D eigenvalue weighted by Gasteiger charge is 2.27. The molecule has 1 heterocycles. The van der Waals surface area contributed by atoms with Crippen LogP contribution in [0.15, 0.2) is 29.3 Å². The van der Waals surface area contributed by atoms with E-state index in [0.717, 1.165) is 0 Å². The van der Waals surface area contributed by atoms with Crippen LogP contribution in [-0.4, -0.2) is 61.8 Å². The molecule has 1 aromatic rings. The summed E-state index contributed by atoms with van der Waals surface area (Å²) in [7, 11) is -3.15. The van der Waals surface area contributed by atoms with Gasteiger partial charge in [0.15, 0.2) is 5.96 Å². The van der Waals surface area contributed by atoms with Crippen molar-refractivity contribution in [1.82, 2.24) is 14.9 Å². The SMILES string of the molecule is CCNC(=NCC(O)c1ccccc1F)NC1CCN(S(=O)(=O)CC)CC1.I. The van der Waals surface area contributed by atoms with E-state index in [-0.39, 0.29) is 47.9 Å². The van der Waals surface area contributed by atoms with E-state index in [2.05, 4.69) is 15.6 Å². The maximum Gasteiger partial charge on any atom is 0.213 e. The monoisotopic (exact) mass is 528 g/mol. The molecule has 1 atom stereocenters. The summed E-state index contributed by atoms with van der Waals surface area (Å²) in [4.78, 5) is 4.35. The fourth-order valence-corrected chi connectivity index (χ4v) is 4.13. The Balaban J connectivity index is 0.00000392. The van der Waals surface area contributed by atoms with E-state index in [1.807, 2.05) is 6.92 Å². The van der Waals surface area contributed by atoms with Crippen LogP contribution in [0.1, 0.15) is 38.4 Å². The highest BCUT2D eigenvalue weighted by molar-refractivity contribution is 14.0. The minimum Gasteiger partial charge on any atom is -0.386 e. The van der Waals surface area contributed by atoms with Gasteiger partial charge >= 0.3 is 0 Å². The molecule has 3 N–H and O–H groups in total. The van der Waals surface area contributed by atoms with Gasteiger partial charge in [-0.3, -0.25) is 4.99 Å². The van der Waals surface area contributed by atoms with E-state index in [1.165, 1.54) is 10.4 Å². The van der Waals surface area contributed by atoms with E-state index >= 15 is 0 Å². The Morgan fingerprint density at radius 3 is 2.54 bits per heavy atom. The predicted octanol–water partition coefficient (Wildman–Crippen LogP) is 1.85. The largest absolute Gasteiger partial charge is 0.386 e. The molecule has 0 radical (unpaired) electrons. The molecule has 1 saturated heterocycles. The van der Waals surface area contributed by atoms with Crippen LogP contribution < -0.4 is 10.6 Å². The van der Waals surface area contributed by atoms with Gasteiger partial charge in [0, 0.05) is 31.2 Å². The van der Waals surface area contributed by atoms with Crippen molar-refractivity contribution in [2.24, 2.45) is 4.99 Å². The van der Waals surface area contributed by atoms with Crippen LogP contribution in [0.4, 0.5) is 4.39 Å². The molecule has 7 nitrogen and oxygen atoms in total. The van der Waals surface area contributed by atoms with E-state index in [4.69, 9.17) is 0 Å². The van der Waals surface area contributed by atoms with Gasteiger partial charge in [0.25, 0.3) is 0 Å². The second-order valence-electron chi connectivity index (χ2n) is 6.48. The van der Waals surface area contributed by atoms with Crippen LogP contribution in [0.25, 0.3) is 0 Å². The van der Waals surface area contributed by atoms with Gasteiger partial charge in [-0.1, -0.05) is 18.2 Å². The number of halogens is 2. The second-order valence-corrected chi connectivity index (χ2v) is 8.73. The molecule has 0 bridgehead atoms. The summed E-state index contributed by atoms with van der Waals surface area (Å²) in [6, 6.07) is 6.19. The van der Waals surface area contributed by atoms with E-state index < -0.39 is 21.9 Å². The molecule has 10 heteroatoms. The number of rotatable bonds is 7. The number of hydrogen-bond donors (Lipinski definition) is 3. The lowest BCUT2D eigenvalue weighted by molar-refractivity contribution is 0.182. The predicted molar refractivity (Wildman–Crippen MR) is 120 cm³/mol. The third-order valence-electron chi connectivity index (χ3n) is 4.58. The third-order valence-corrected chi connectivity index (χ3v) is 6.47. The smallest absolute Gasteiger partial charge is 0.213 e. The molecule has 0 saturated carbocycles. The van der Waals surface area contributed by atoms with Crippen LogP contribution >= 0.6 is 24.0 Å². The molecule has 1 aromatic carbocycles. The quantitative estimate of drug-likeness (QED) is 0.286. The Morgan fingerprint density at radius 1 is 1.32 bits per heavy atom. The Labute approximate surface area is 183 Å². The molecule has 0 amide bonds. The summed E-state index contributed by atoms with van der Waals surface area (Å²) >= 11 is 0. The second kappa shape index (κ2) is 11.9. The highest BCUT2D eigenvalue weighted by atomic mass is 127. The van der Waals surface area contributed by atoms with Gasteiger partial charge in [0.1, 0.15) is 11.9 Å². The molecule has 2 rings (SSSR count). The van der Waals surface area contributed by atoms with Gasteiger partial charge in [-0.05, 0) is 32.8 Å². The first-order valence-corrected chi connectivity index (χ1v) is 10.9. The first kappa shape index (κ1) is 25.1. The van der Waals surface area contributed by atoms with Gasteiger partial charge in [-0.2, -0.15) is 0 Å². The van der Waals surface area contributed by atoms with E-state index in [0.29, 0.717) is 38.4 Å². The minimum absolute atomic E-state index is 0. The van der Waals surface area contributed by atoms with Crippen LogP contribution in [-0.2, 0) is 10.0 Å². The summed E-state index contributed by atoms with van der Waals surface area (Å²) in [6.45, 7) is 5.21. The maximum atomic E-state index is 13.8. The molecule has 0 spiro atoms. The molecular formula is C18H30FIN4O3S. The van der Waals surface area contributed by atoms with Gasteiger partial charge in [0.2, 0.25) is 10.0 Å². The number of piperidine rings is 1. The number of hydrogen-bond acceptors (Lipinski definition) is 4. The maximum absolute atomic E-state index is 13.8. The first-order chi connectivity index (χ1) is 12.9. The first-order valence-electron chi connectivity index (χ1n) is 9.32. The summed E-state index contributed by atoms with van der Waals surface area (Å²) in [6.07, 6.45) is 0.331. The fraction of sp³-hybridized carbons (Fsp3) is 0.611. The van der Waals surface area contributed by atoms with Crippen molar-refractivity contribution in [3.8, 4) is 0 Å². The molecular weight excluding hydrogens is 498 g/mol. The number of nitrogens with one attached hydrogen (secondary N) is 2. The number of aliphatic imine (C=N–C) groups is 1. The zero-order chi connectivity index (χ0) is 19.9. The number of aliphatic hydroxyl groups is 1. The highest BCUT2D eigenvalue weighted by Crippen LogP contribution is 2.17. The normalized spacial score (nSPS) is 17.6. The van der Waals surface area contributed by atoms with Crippen LogP contribution in [0, 0.1) is 5.82 Å². The van der Waals surface area contributed by atoms with Crippen LogP contribution in [0.3, 0.4) is 0 Å². The summed E-state index contributed by atoms with van der Waals surface area (Å²) < 4.78 is 39.2. The van der Waals surface area contributed by atoms with Crippen molar-refractivity contribution in [2.75, 3.05) is 31.9 Å². The number of nitrogens with zero attached hydrogens (tertiary/aromatic N) is 2. The summed E-state index contributed by atoms with van der Waals surface area (Å²) in [5, 5.41) is 16.6. The zero-order valence-electron chi connectivity index (χ0n) is 16.3. The molecule has 0 aliphatic carbocycles. The lowest BCUT2D eigenvalue weighted by Crippen LogP contribution is -2.50. The molecule has 1 unspecified atom stereocenters. The van der Waals surface area contributed by atoms with E-state index in [9.17, 15) is 17.9 Å².